The molecule has 0 N–H and O–H groups in total. The summed E-state index contributed by atoms with van der Waals surface area (Å²) >= 11 is 0. The van der Waals surface area contributed by atoms with Crippen molar-refractivity contribution in [3.05, 3.63) is 42.5 Å². The Morgan fingerprint density at radius 1 is 1.19 bits per heavy atom. The summed E-state index contributed by atoms with van der Waals surface area (Å²) in [6, 6.07) is 6.24. The molecule has 1 fully saturated rings. The maximum atomic E-state index is 13.9. The summed E-state index contributed by atoms with van der Waals surface area (Å²) in [5.74, 6) is 0.325. The van der Waals surface area contributed by atoms with Crippen LogP contribution in [-0.2, 0) is 9.84 Å². The summed E-state index contributed by atoms with van der Waals surface area (Å²) in [5, 5.41) is 0. The van der Waals surface area contributed by atoms with E-state index in [1.54, 1.807) is 24.5 Å². The van der Waals surface area contributed by atoms with Crippen molar-refractivity contribution < 1.29 is 12.8 Å². The van der Waals surface area contributed by atoms with Crippen molar-refractivity contribution in [2.24, 2.45) is 5.92 Å². The number of benzene rings is 1. The Morgan fingerprint density at radius 3 is 2.50 bits per heavy atom. The average molecular weight is 378 g/mol. The monoisotopic (exact) mass is 378 g/mol. The Morgan fingerprint density at radius 2 is 1.88 bits per heavy atom. The van der Waals surface area contributed by atoms with Gasteiger partial charge in [-0.1, -0.05) is 13.8 Å². The van der Waals surface area contributed by atoms with Gasteiger partial charge in [-0.05, 0) is 30.2 Å². The molecular weight excluding hydrogens is 355 g/mol. The van der Waals surface area contributed by atoms with Crippen LogP contribution in [0.5, 0.6) is 0 Å². The predicted molar refractivity (Wildman–Crippen MR) is 99.7 cm³/mol. The Labute approximate surface area is 153 Å². The second-order valence-electron chi connectivity index (χ2n) is 6.89. The van der Waals surface area contributed by atoms with E-state index in [0.717, 1.165) is 6.26 Å². The van der Waals surface area contributed by atoms with Gasteiger partial charge in [0.15, 0.2) is 9.84 Å². The first-order valence-corrected chi connectivity index (χ1v) is 10.4. The number of piperazine rings is 1. The third kappa shape index (κ3) is 3.80. The van der Waals surface area contributed by atoms with Crippen molar-refractivity contribution in [3.63, 3.8) is 0 Å². The van der Waals surface area contributed by atoms with E-state index >= 15 is 0 Å². The summed E-state index contributed by atoms with van der Waals surface area (Å²) in [4.78, 5) is 12.7. The molecule has 26 heavy (non-hydrogen) atoms. The Balaban J connectivity index is 1.88. The largest absolute Gasteiger partial charge is 0.368 e. The number of aromatic nitrogens is 2. The molecule has 1 aliphatic rings. The van der Waals surface area contributed by atoms with Crippen LogP contribution < -0.4 is 9.80 Å². The Kier molecular flexibility index (Phi) is 5.13. The molecule has 140 valence electrons. The van der Waals surface area contributed by atoms with Crippen molar-refractivity contribution in [2.45, 2.75) is 24.8 Å². The first-order chi connectivity index (χ1) is 12.3. The molecule has 6 nitrogen and oxygen atoms in total. The van der Waals surface area contributed by atoms with Gasteiger partial charge in [-0.3, -0.25) is 0 Å². The van der Waals surface area contributed by atoms with Gasteiger partial charge in [0.25, 0.3) is 0 Å². The van der Waals surface area contributed by atoms with Gasteiger partial charge in [0.1, 0.15) is 10.7 Å². The maximum Gasteiger partial charge on any atom is 0.225 e. The van der Waals surface area contributed by atoms with Crippen LogP contribution in [0.1, 0.15) is 13.8 Å². The van der Waals surface area contributed by atoms with E-state index in [0.29, 0.717) is 37.2 Å². The van der Waals surface area contributed by atoms with Gasteiger partial charge >= 0.3 is 0 Å². The van der Waals surface area contributed by atoms with Gasteiger partial charge in [0, 0.05) is 44.0 Å². The molecule has 1 aromatic heterocycles. The van der Waals surface area contributed by atoms with Crippen molar-refractivity contribution in [1.29, 1.82) is 0 Å². The summed E-state index contributed by atoms with van der Waals surface area (Å²) < 4.78 is 37.5. The van der Waals surface area contributed by atoms with Crippen molar-refractivity contribution in [3.8, 4) is 0 Å². The zero-order valence-electron chi connectivity index (χ0n) is 15.1. The zero-order valence-corrected chi connectivity index (χ0v) is 15.9. The molecule has 0 bridgehead atoms. The fourth-order valence-electron chi connectivity index (χ4n) is 3.28. The molecule has 0 spiro atoms. The van der Waals surface area contributed by atoms with Crippen LogP contribution in [0.25, 0.3) is 0 Å². The van der Waals surface area contributed by atoms with Crippen LogP contribution in [0, 0.1) is 11.7 Å². The highest BCUT2D eigenvalue weighted by Gasteiger charge is 2.31. The first kappa shape index (κ1) is 18.6. The van der Waals surface area contributed by atoms with Gasteiger partial charge in [-0.2, -0.15) is 0 Å². The van der Waals surface area contributed by atoms with Crippen LogP contribution in [0.4, 0.5) is 16.0 Å². The quantitative estimate of drug-likeness (QED) is 0.814. The van der Waals surface area contributed by atoms with Gasteiger partial charge in [-0.15, -0.1) is 0 Å². The molecule has 1 saturated heterocycles. The molecule has 2 aromatic rings. The molecule has 3 rings (SSSR count). The fourth-order valence-corrected chi connectivity index (χ4v) is 4.03. The summed E-state index contributed by atoms with van der Waals surface area (Å²) in [5.41, 5.74) is 0.714. The molecule has 0 saturated carbocycles. The highest BCUT2D eigenvalue weighted by atomic mass is 32.2. The highest BCUT2D eigenvalue weighted by molar-refractivity contribution is 7.90. The minimum absolute atomic E-state index is 0.165. The third-order valence-corrected chi connectivity index (χ3v) is 5.79. The fraction of sp³-hybridized carbons (Fsp3) is 0.444. The third-order valence-electron chi connectivity index (χ3n) is 4.68. The summed E-state index contributed by atoms with van der Waals surface area (Å²) in [6.07, 6.45) is 4.48. The summed E-state index contributed by atoms with van der Waals surface area (Å²) in [7, 11) is -3.61. The van der Waals surface area contributed by atoms with Gasteiger partial charge in [-0.25, -0.2) is 22.8 Å². The minimum Gasteiger partial charge on any atom is -0.368 e. The number of anilines is 2. The van der Waals surface area contributed by atoms with Crippen LogP contribution in [0.3, 0.4) is 0 Å². The highest BCUT2D eigenvalue weighted by Crippen LogP contribution is 2.28. The van der Waals surface area contributed by atoms with E-state index in [1.807, 2.05) is 0 Å². The van der Waals surface area contributed by atoms with Crippen molar-refractivity contribution >= 4 is 21.5 Å². The smallest absolute Gasteiger partial charge is 0.225 e. The van der Waals surface area contributed by atoms with Gasteiger partial charge in [0.05, 0.1) is 6.04 Å². The standard InChI is InChI=1S/C18H23FN4O2S/c1-13(2)16-12-22(9-10-23(16)18-20-7-4-8-21-18)14-5-6-15(19)17(11-14)26(3,24)25/h4-8,11,13,16H,9-10,12H2,1-3H3. The normalized spacial score (nSPS) is 18.4. The van der Waals surface area contributed by atoms with Gasteiger partial charge < -0.3 is 9.80 Å². The summed E-state index contributed by atoms with van der Waals surface area (Å²) in [6.45, 7) is 6.34. The Hall–Kier alpha value is -2.22. The number of sulfone groups is 1. The van der Waals surface area contributed by atoms with Crippen LogP contribution in [0.2, 0.25) is 0 Å². The molecule has 2 heterocycles. The lowest BCUT2D eigenvalue weighted by Crippen LogP contribution is -2.56. The molecule has 1 aromatic carbocycles. The number of hydrogen-bond donors (Lipinski definition) is 0. The SMILES string of the molecule is CC(C)C1CN(c2ccc(F)c(S(C)(=O)=O)c2)CCN1c1ncccn1. The molecule has 8 heteroatoms. The van der Waals surface area contributed by atoms with E-state index in [4.69, 9.17) is 0 Å². The molecular formula is C18H23FN4O2S. The lowest BCUT2D eigenvalue weighted by atomic mass is 9.99. The van der Waals surface area contributed by atoms with E-state index in [2.05, 4.69) is 33.6 Å². The molecule has 0 amide bonds. The number of nitrogens with zero attached hydrogens (tertiary/aromatic N) is 4. The van der Waals surface area contributed by atoms with Crippen LogP contribution in [0.15, 0.2) is 41.6 Å². The lowest BCUT2D eigenvalue weighted by Gasteiger charge is -2.44. The number of halogens is 1. The molecule has 0 aliphatic carbocycles. The van der Waals surface area contributed by atoms with E-state index in [9.17, 15) is 12.8 Å². The second-order valence-corrected chi connectivity index (χ2v) is 8.87. The van der Waals surface area contributed by atoms with E-state index < -0.39 is 15.7 Å². The molecule has 1 atom stereocenters. The van der Waals surface area contributed by atoms with Crippen molar-refractivity contribution in [2.75, 3.05) is 35.7 Å². The van der Waals surface area contributed by atoms with E-state index in [-0.39, 0.29) is 10.9 Å². The number of rotatable bonds is 4. The zero-order chi connectivity index (χ0) is 18.9. The molecule has 1 aliphatic heterocycles. The average Bonchev–Trinajstić information content (AvgIpc) is 2.61. The van der Waals surface area contributed by atoms with E-state index in [1.165, 1.54) is 12.1 Å². The molecule has 0 radical (unpaired) electrons. The first-order valence-electron chi connectivity index (χ1n) is 8.55. The number of hydrogen-bond acceptors (Lipinski definition) is 6. The van der Waals surface area contributed by atoms with Crippen LogP contribution in [-0.4, -0.2) is 50.3 Å². The maximum absolute atomic E-state index is 13.9. The van der Waals surface area contributed by atoms with Gasteiger partial charge in [0.2, 0.25) is 5.95 Å². The van der Waals surface area contributed by atoms with Crippen LogP contribution >= 0.6 is 0 Å². The topological polar surface area (TPSA) is 66.4 Å². The second kappa shape index (κ2) is 7.19. The predicted octanol–water partition coefficient (Wildman–Crippen LogP) is 2.37. The van der Waals surface area contributed by atoms with Crippen molar-refractivity contribution in [1.82, 2.24) is 9.97 Å². The lowest BCUT2D eigenvalue weighted by molar-refractivity contribution is 0.413. The molecule has 1 unspecified atom stereocenters. The Bertz CT molecular complexity index is 874. The minimum atomic E-state index is -3.61.